The lowest BCUT2D eigenvalue weighted by Crippen LogP contribution is -2.46. The van der Waals surface area contributed by atoms with Gasteiger partial charge in [-0.15, -0.1) is 0 Å². The van der Waals surface area contributed by atoms with Crippen LogP contribution in [0, 0.1) is 11.8 Å². The second-order valence-corrected chi connectivity index (χ2v) is 10.6. The smallest absolute Gasteiger partial charge is 0.309 e. The van der Waals surface area contributed by atoms with Gasteiger partial charge in [0.25, 0.3) is 0 Å². The summed E-state index contributed by atoms with van der Waals surface area (Å²) >= 11 is 0. The molecule has 0 bridgehead atoms. The maximum atomic E-state index is 12.2. The summed E-state index contributed by atoms with van der Waals surface area (Å²) in [6.07, 6.45) is 3.27. The Kier molecular flexibility index (Phi) is 4.02. The standard InChI is InChI=1S/C25H30O6/c1-12-22-16-6-5-14-11-25-19(24(3,4)30-20(25)10-21(27)31-25)8-7-15(14)17(16)9-18(22)29-23(12)28-13(2)26/h5-6,12,18-20,22-23H,7-11H2,1-4H3/t12-,18+,19-,20+,22-,23-,25+/m0/s1. The zero-order valence-corrected chi connectivity index (χ0v) is 18.6. The van der Waals surface area contributed by atoms with Crippen LogP contribution >= 0.6 is 0 Å². The Morgan fingerprint density at radius 3 is 2.77 bits per heavy atom. The largest absolute Gasteiger partial charge is 0.455 e. The maximum absolute atomic E-state index is 12.2. The SMILES string of the molecule is CC(=O)O[C@H]1O[C@@H]2Cc3c(ccc4c3CC[C@H]3C(C)(C)O[C@@H]5CC(=O)O[C@@]53C4)[C@@H]2[C@@H]1C. The molecule has 0 radical (unpaired) electrons. The van der Waals surface area contributed by atoms with Crippen LogP contribution in [0.25, 0.3) is 0 Å². The van der Waals surface area contributed by atoms with Crippen molar-refractivity contribution in [2.75, 3.05) is 0 Å². The number of hydrogen-bond donors (Lipinski definition) is 0. The van der Waals surface area contributed by atoms with Gasteiger partial charge < -0.3 is 18.9 Å². The number of esters is 2. The van der Waals surface area contributed by atoms with E-state index in [1.54, 1.807) is 0 Å². The van der Waals surface area contributed by atoms with Crippen LogP contribution < -0.4 is 0 Å². The molecule has 0 aromatic heterocycles. The van der Waals surface area contributed by atoms with E-state index in [0.29, 0.717) is 6.42 Å². The minimum absolute atomic E-state index is 0.0543. The van der Waals surface area contributed by atoms with E-state index in [4.69, 9.17) is 18.9 Å². The molecule has 7 atom stereocenters. The topological polar surface area (TPSA) is 71.1 Å². The molecule has 0 saturated carbocycles. The highest BCUT2D eigenvalue weighted by Gasteiger charge is 2.66. The lowest BCUT2D eigenvalue weighted by atomic mass is 9.74. The zero-order valence-electron chi connectivity index (χ0n) is 18.6. The molecule has 31 heavy (non-hydrogen) atoms. The highest BCUT2D eigenvalue weighted by Crippen LogP contribution is 2.56. The molecule has 1 spiro atoms. The molecule has 6 nitrogen and oxygen atoms in total. The molecule has 2 aliphatic carbocycles. The molecule has 1 aromatic carbocycles. The van der Waals surface area contributed by atoms with Crippen LogP contribution in [0.5, 0.6) is 0 Å². The van der Waals surface area contributed by atoms with Gasteiger partial charge in [0.05, 0.1) is 18.1 Å². The molecule has 3 aliphatic heterocycles. The van der Waals surface area contributed by atoms with Gasteiger partial charge in [-0.25, -0.2) is 0 Å². The van der Waals surface area contributed by atoms with E-state index < -0.39 is 11.9 Å². The maximum Gasteiger partial charge on any atom is 0.309 e. The van der Waals surface area contributed by atoms with Crippen LogP contribution in [0.15, 0.2) is 12.1 Å². The first kappa shape index (κ1) is 19.7. The minimum atomic E-state index is -0.543. The molecule has 6 heteroatoms. The molecule has 0 amide bonds. The lowest BCUT2D eigenvalue weighted by molar-refractivity contribution is -0.178. The Bertz CT molecular complexity index is 982. The molecular weight excluding hydrogens is 396 g/mol. The number of ether oxygens (including phenoxy) is 4. The van der Waals surface area contributed by atoms with Gasteiger partial charge in [-0.2, -0.15) is 0 Å². The summed E-state index contributed by atoms with van der Waals surface area (Å²) in [4.78, 5) is 23.7. The molecule has 5 aliphatic rings. The van der Waals surface area contributed by atoms with Crippen molar-refractivity contribution in [3.05, 3.63) is 34.4 Å². The Labute approximate surface area is 182 Å². The Morgan fingerprint density at radius 2 is 2.00 bits per heavy atom. The fourth-order valence-corrected chi connectivity index (χ4v) is 7.41. The van der Waals surface area contributed by atoms with Crippen LogP contribution in [0.4, 0.5) is 0 Å². The minimum Gasteiger partial charge on any atom is -0.455 e. The summed E-state index contributed by atoms with van der Waals surface area (Å²) in [5.74, 6) is 0.134. The molecule has 0 unspecified atom stereocenters. The summed E-state index contributed by atoms with van der Waals surface area (Å²) < 4.78 is 24.0. The number of rotatable bonds is 1. The fraction of sp³-hybridized carbons (Fsp3) is 0.680. The number of benzene rings is 1. The molecule has 0 N–H and O–H groups in total. The van der Waals surface area contributed by atoms with Crippen LogP contribution in [-0.2, 0) is 47.8 Å². The average molecular weight is 427 g/mol. The van der Waals surface area contributed by atoms with Crippen LogP contribution in [0.1, 0.15) is 68.7 Å². The fourth-order valence-electron chi connectivity index (χ4n) is 7.41. The quantitative estimate of drug-likeness (QED) is 0.642. The van der Waals surface area contributed by atoms with Crippen LogP contribution in [-0.4, -0.2) is 41.6 Å². The van der Waals surface area contributed by atoms with E-state index in [9.17, 15) is 9.59 Å². The van der Waals surface area contributed by atoms with Crippen molar-refractivity contribution in [3.8, 4) is 0 Å². The van der Waals surface area contributed by atoms with E-state index in [2.05, 4.69) is 32.9 Å². The predicted molar refractivity (Wildman–Crippen MR) is 110 cm³/mol. The number of carbonyl (C=O) groups excluding carboxylic acids is 2. The molecule has 3 heterocycles. The third-order valence-corrected chi connectivity index (χ3v) is 8.54. The monoisotopic (exact) mass is 426 g/mol. The summed E-state index contributed by atoms with van der Waals surface area (Å²) in [5.41, 5.74) is 4.59. The van der Waals surface area contributed by atoms with Crippen molar-refractivity contribution in [1.29, 1.82) is 0 Å². The van der Waals surface area contributed by atoms with Crippen molar-refractivity contribution >= 4 is 11.9 Å². The first-order chi connectivity index (χ1) is 14.7. The van der Waals surface area contributed by atoms with Crippen LogP contribution in [0.2, 0.25) is 0 Å². The second kappa shape index (κ2) is 6.32. The Balaban J connectivity index is 1.37. The lowest BCUT2D eigenvalue weighted by Gasteiger charge is -2.34. The van der Waals surface area contributed by atoms with E-state index in [-0.39, 0.29) is 47.5 Å². The van der Waals surface area contributed by atoms with Crippen LogP contribution in [0.3, 0.4) is 0 Å². The zero-order chi connectivity index (χ0) is 21.7. The highest BCUT2D eigenvalue weighted by molar-refractivity contribution is 5.74. The van der Waals surface area contributed by atoms with Crippen molar-refractivity contribution in [1.82, 2.24) is 0 Å². The second-order valence-electron chi connectivity index (χ2n) is 10.6. The third-order valence-electron chi connectivity index (χ3n) is 8.54. The van der Waals surface area contributed by atoms with Gasteiger partial charge in [0, 0.05) is 31.1 Å². The number of hydrogen-bond acceptors (Lipinski definition) is 6. The third kappa shape index (κ3) is 2.64. The van der Waals surface area contributed by atoms with E-state index in [1.165, 1.54) is 29.2 Å². The van der Waals surface area contributed by atoms with Crippen molar-refractivity contribution in [3.63, 3.8) is 0 Å². The molecule has 1 aromatic rings. The first-order valence-corrected chi connectivity index (χ1v) is 11.6. The molecule has 166 valence electrons. The first-order valence-electron chi connectivity index (χ1n) is 11.6. The number of carbonyl (C=O) groups is 2. The average Bonchev–Trinajstić information content (AvgIpc) is 3.27. The highest BCUT2D eigenvalue weighted by atomic mass is 16.7. The number of fused-ring (bicyclic) bond motifs is 5. The van der Waals surface area contributed by atoms with Gasteiger partial charge in [0.1, 0.15) is 11.7 Å². The molecule has 3 saturated heterocycles. The summed E-state index contributed by atoms with van der Waals surface area (Å²) in [6, 6.07) is 4.46. The molecule has 6 rings (SSSR count). The molecular formula is C25H30O6. The van der Waals surface area contributed by atoms with Crippen molar-refractivity contribution in [2.24, 2.45) is 11.8 Å². The van der Waals surface area contributed by atoms with Crippen molar-refractivity contribution in [2.45, 2.75) is 95.4 Å². The van der Waals surface area contributed by atoms with E-state index in [1.807, 2.05) is 0 Å². The Hall–Kier alpha value is -1.92. The summed E-state index contributed by atoms with van der Waals surface area (Å²) in [5, 5.41) is 0. The van der Waals surface area contributed by atoms with Gasteiger partial charge in [0.15, 0.2) is 0 Å². The normalized spacial score (nSPS) is 41.5. The summed E-state index contributed by atoms with van der Waals surface area (Å²) in [7, 11) is 0. The van der Waals surface area contributed by atoms with Gasteiger partial charge in [-0.05, 0) is 55.4 Å². The van der Waals surface area contributed by atoms with Crippen molar-refractivity contribution < 1.29 is 28.5 Å². The predicted octanol–water partition coefficient (Wildman–Crippen LogP) is 3.22. The molecule has 3 fully saturated rings. The Morgan fingerprint density at radius 1 is 1.19 bits per heavy atom. The van der Waals surface area contributed by atoms with Gasteiger partial charge in [0.2, 0.25) is 6.29 Å². The van der Waals surface area contributed by atoms with Gasteiger partial charge in [-0.1, -0.05) is 19.1 Å². The van der Waals surface area contributed by atoms with Gasteiger partial charge >= 0.3 is 11.9 Å². The van der Waals surface area contributed by atoms with E-state index >= 15 is 0 Å². The van der Waals surface area contributed by atoms with E-state index in [0.717, 1.165) is 25.7 Å². The summed E-state index contributed by atoms with van der Waals surface area (Å²) in [6.45, 7) is 7.83. The van der Waals surface area contributed by atoms with Gasteiger partial charge in [-0.3, -0.25) is 9.59 Å².